The van der Waals surface area contributed by atoms with Crippen LogP contribution >= 0.6 is 0 Å². The Kier molecular flexibility index (Phi) is 4.62. The number of hydrogen-bond acceptors (Lipinski definition) is 4. The van der Waals surface area contributed by atoms with Gasteiger partial charge >= 0.3 is 0 Å². The van der Waals surface area contributed by atoms with Gasteiger partial charge in [-0.15, -0.1) is 0 Å². The van der Waals surface area contributed by atoms with E-state index in [4.69, 9.17) is 0 Å². The summed E-state index contributed by atoms with van der Waals surface area (Å²) in [5, 5.41) is 15.3. The van der Waals surface area contributed by atoms with E-state index in [0.29, 0.717) is 18.8 Å². The Morgan fingerprint density at radius 2 is 2.29 bits per heavy atom. The lowest BCUT2D eigenvalue weighted by molar-refractivity contribution is -0.123. The van der Waals surface area contributed by atoms with Crippen LogP contribution in [0.1, 0.15) is 32.6 Å². The van der Waals surface area contributed by atoms with Crippen LogP contribution in [0.2, 0.25) is 0 Å². The van der Waals surface area contributed by atoms with Crippen LogP contribution in [0.15, 0.2) is 21.7 Å². The third-order valence-corrected chi connectivity index (χ3v) is 3.87. The third kappa shape index (κ3) is 4.29. The molecule has 0 bridgehead atoms. The maximum atomic E-state index is 11.8. The van der Waals surface area contributed by atoms with Crippen LogP contribution in [0, 0.1) is 5.92 Å². The number of hydrogen-bond donors (Lipinski definition) is 3. The number of nitrogens with zero attached hydrogens (tertiary/aromatic N) is 1. The molecule has 7 heteroatoms. The van der Waals surface area contributed by atoms with Gasteiger partial charge in [0, 0.05) is 18.7 Å². The molecule has 3 N–H and O–H groups in total. The number of aromatic amines is 1. The average Bonchev–Trinajstić information content (AvgIpc) is 2.41. The molecule has 7 nitrogen and oxygen atoms in total. The second-order valence-electron chi connectivity index (χ2n) is 5.94. The molecule has 0 aromatic carbocycles. The Morgan fingerprint density at radius 3 is 3.00 bits per heavy atom. The summed E-state index contributed by atoms with van der Waals surface area (Å²) in [4.78, 5) is 34.5. The van der Waals surface area contributed by atoms with Crippen LogP contribution in [0.4, 0.5) is 0 Å². The van der Waals surface area contributed by atoms with Crippen molar-refractivity contribution in [1.82, 2.24) is 15.1 Å². The van der Waals surface area contributed by atoms with E-state index in [-0.39, 0.29) is 13.1 Å². The second-order valence-corrected chi connectivity index (χ2v) is 5.94. The summed E-state index contributed by atoms with van der Waals surface area (Å²) in [6, 6.07) is 2.23. The van der Waals surface area contributed by atoms with Crippen LogP contribution in [0.3, 0.4) is 0 Å². The molecule has 1 aliphatic rings. The van der Waals surface area contributed by atoms with Crippen LogP contribution in [0.5, 0.6) is 0 Å². The molecule has 21 heavy (non-hydrogen) atoms. The summed E-state index contributed by atoms with van der Waals surface area (Å²) in [5.41, 5.74) is -1.76. The molecule has 1 heterocycles. The van der Waals surface area contributed by atoms with Crippen LogP contribution in [-0.4, -0.2) is 32.9 Å². The molecule has 1 amide bonds. The fourth-order valence-electron chi connectivity index (χ4n) is 2.84. The van der Waals surface area contributed by atoms with Crippen molar-refractivity contribution in [3.8, 4) is 0 Å². The quantitative estimate of drug-likeness (QED) is 0.702. The molecular weight excluding hydrogens is 274 g/mol. The Labute approximate surface area is 122 Å². The fourth-order valence-corrected chi connectivity index (χ4v) is 2.84. The van der Waals surface area contributed by atoms with E-state index in [2.05, 4.69) is 17.3 Å². The first kappa shape index (κ1) is 15.5. The van der Waals surface area contributed by atoms with E-state index in [1.165, 1.54) is 0 Å². The summed E-state index contributed by atoms with van der Waals surface area (Å²) in [6.07, 6.45) is 3.37. The molecule has 1 aromatic rings. The molecule has 2 unspecified atom stereocenters. The van der Waals surface area contributed by atoms with Crippen LogP contribution < -0.4 is 16.4 Å². The normalized spacial score (nSPS) is 25.5. The van der Waals surface area contributed by atoms with E-state index in [0.717, 1.165) is 29.7 Å². The Bertz CT molecular complexity index is 621. The van der Waals surface area contributed by atoms with Crippen molar-refractivity contribution < 1.29 is 9.90 Å². The standard InChI is InChI=1S/C14H21N3O4/c1-10-3-2-6-14(21,7-10)9-15-12(19)8-17-13(20)5-4-11(18)16-17/h4-5,10,21H,2-3,6-9H2,1H3,(H,15,19)(H,16,18). The number of aliphatic hydroxyl groups is 1. The Balaban J connectivity index is 1.91. The maximum absolute atomic E-state index is 11.8. The highest BCUT2D eigenvalue weighted by molar-refractivity contribution is 5.75. The van der Waals surface area contributed by atoms with E-state index in [1.807, 2.05) is 0 Å². The third-order valence-electron chi connectivity index (χ3n) is 3.87. The highest BCUT2D eigenvalue weighted by Gasteiger charge is 2.32. The molecule has 2 atom stereocenters. The van der Waals surface area contributed by atoms with Crippen LogP contribution in [0.25, 0.3) is 0 Å². The van der Waals surface area contributed by atoms with Gasteiger partial charge in [-0.1, -0.05) is 19.8 Å². The molecular formula is C14H21N3O4. The summed E-state index contributed by atoms with van der Waals surface area (Å²) < 4.78 is 0.950. The predicted molar refractivity (Wildman–Crippen MR) is 76.9 cm³/mol. The smallest absolute Gasteiger partial charge is 0.265 e. The molecule has 1 aromatic heterocycles. The molecule has 0 spiro atoms. The zero-order chi connectivity index (χ0) is 15.5. The van der Waals surface area contributed by atoms with Gasteiger partial charge in [0.2, 0.25) is 5.91 Å². The molecule has 1 aliphatic carbocycles. The first-order valence-corrected chi connectivity index (χ1v) is 7.17. The van der Waals surface area contributed by atoms with Crippen molar-refractivity contribution in [2.45, 2.75) is 44.8 Å². The van der Waals surface area contributed by atoms with Gasteiger partial charge < -0.3 is 10.4 Å². The number of aromatic nitrogens is 2. The van der Waals surface area contributed by atoms with Gasteiger partial charge in [-0.2, -0.15) is 0 Å². The zero-order valence-electron chi connectivity index (χ0n) is 12.1. The van der Waals surface area contributed by atoms with Crippen molar-refractivity contribution in [2.24, 2.45) is 5.92 Å². The van der Waals surface area contributed by atoms with Crippen LogP contribution in [-0.2, 0) is 11.3 Å². The molecule has 1 saturated carbocycles. The van der Waals surface area contributed by atoms with Gasteiger partial charge in [0.15, 0.2) is 0 Å². The van der Waals surface area contributed by atoms with Crippen molar-refractivity contribution >= 4 is 5.91 Å². The molecule has 1 fully saturated rings. The minimum Gasteiger partial charge on any atom is -0.388 e. The lowest BCUT2D eigenvalue weighted by atomic mass is 9.79. The first-order chi connectivity index (χ1) is 9.88. The largest absolute Gasteiger partial charge is 0.388 e. The summed E-state index contributed by atoms with van der Waals surface area (Å²) in [7, 11) is 0. The van der Waals surface area contributed by atoms with E-state index < -0.39 is 22.6 Å². The van der Waals surface area contributed by atoms with Gasteiger partial charge in [0.05, 0.1) is 5.60 Å². The number of carbonyl (C=O) groups excluding carboxylic acids is 1. The van der Waals surface area contributed by atoms with Crippen molar-refractivity contribution in [2.75, 3.05) is 6.54 Å². The van der Waals surface area contributed by atoms with Crippen molar-refractivity contribution in [3.05, 3.63) is 32.8 Å². The summed E-state index contributed by atoms with van der Waals surface area (Å²) in [5.74, 6) is 0.0272. The molecule has 2 rings (SSSR count). The molecule has 116 valence electrons. The number of rotatable bonds is 4. The summed E-state index contributed by atoms with van der Waals surface area (Å²) in [6.45, 7) is 1.99. The molecule has 0 saturated heterocycles. The van der Waals surface area contributed by atoms with Gasteiger partial charge in [-0.25, -0.2) is 4.68 Å². The molecule has 0 aliphatic heterocycles. The van der Waals surface area contributed by atoms with Gasteiger partial charge in [0.25, 0.3) is 11.1 Å². The maximum Gasteiger partial charge on any atom is 0.265 e. The van der Waals surface area contributed by atoms with E-state index in [1.54, 1.807) is 0 Å². The minimum atomic E-state index is -0.873. The predicted octanol–water partition coefficient (Wildman–Crippen LogP) is -0.406. The minimum absolute atomic E-state index is 0.169. The van der Waals surface area contributed by atoms with Gasteiger partial charge in [0.1, 0.15) is 6.54 Å². The van der Waals surface area contributed by atoms with Gasteiger partial charge in [-0.05, 0) is 18.8 Å². The van der Waals surface area contributed by atoms with E-state index in [9.17, 15) is 19.5 Å². The SMILES string of the molecule is CC1CCCC(O)(CNC(=O)Cn2[nH]c(=O)ccc2=O)C1. The topological polar surface area (TPSA) is 104 Å². The lowest BCUT2D eigenvalue weighted by Crippen LogP contribution is -2.47. The monoisotopic (exact) mass is 295 g/mol. The second kappa shape index (κ2) is 6.26. The Hall–Kier alpha value is -1.89. The van der Waals surface area contributed by atoms with E-state index >= 15 is 0 Å². The number of nitrogens with one attached hydrogen (secondary N) is 2. The highest BCUT2D eigenvalue weighted by Crippen LogP contribution is 2.31. The number of amides is 1. The van der Waals surface area contributed by atoms with Gasteiger partial charge in [-0.3, -0.25) is 19.5 Å². The zero-order valence-corrected chi connectivity index (χ0v) is 12.1. The summed E-state index contributed by atoms with van der Waals surface area (Å²) >= 11 is 0. The first-order valence-electron chi connectivity index (χ1n) is 7.17. The fraction of sp³-hybridized carbons (Fsp3) is 0.643. The Morgan fingerprint density at radius 1 is 1.52 bits per heavy atom. The number of carbonyl (C=O) groups is 1. The average molecular weight is 295 g/mol. The molecule has 0 radical (unpaired) electrons. The van der Waals surface area contributed by atoms with Crippen molar-refractivity contribution in [1.29, 1.82) is 0 Å². The van der Waals surface area contributed by atoms with Crippen molar-refractivity contribution in [3.63, 3.8) is 0 Å². The number of H-pyrrole nitrogens is 1. The lowest BCUT2D eigenvalue weighted by Gasteiger charge is -2.35. The highest BCUT2D eigenvalue weighted by atomic mass is 16.3.